The van der Waals surface area contributed by atoms with Gasteiger partial charge in [-0.25, -0.2) is 23.9 Å². The molecule has 2 aliphatic carbocycles. The highest BCUT2D eigenvalue weighted by molar-refractivity contribution is 6.05. The molecular weight excluding hydrogens is 816 g/mol. The highest BCUT2D eigenvalue weighted by Crippen LogP contribution is 2.58. The van der Waals surface area contributed by atoms with Gasteiger partial charge in [-0.15, -0.1) is 0 Å². The van der Waals surface area contributed by atoms with Crippen molar-refractivity contribution in [3.05, 3.63) is 108 Å². The van der Waals surface area contributed by atoms with E-state index >= 15 is 4.39 Å². The molecule has 4 N–H and O–H groups in total. The zero-order chi connectivity index (χ0) is 44.6. The minimum Gasteiger partial charge on any atom is -0.453 e. The van der Waals surface area contributed by atoms with Crippen LogP contribution in [0.3, 0.4) is 0 Å². The molecule has 10 rings (SSSR count). The Hall–Kier alpha value is -6.77. The van der Waals surface area contributed by atoms with Crippen LogP contribution < -0.4 is 10.6 Å². The van der Waals surface area contributed by atoms with E-state index in [1.54, 1.807) is 24.4 Å². The summed E-state index contributed by atoms with van der Waals surface area (Å²) in [6.07, 6.45) is 3.70. The zero-order valence-corrected chi connectivity index (χ0v) is 36.3. The maximum Gasteiger partial charge on any atom is 0.407 e. The van der Waals surface area contributed by atoms with Gasteiger partial charge in [-0.05, 0) is 95.7 Å². The SMILES string of the molecule is COC(=O)N[C@H](C(=O)N1C2C(C[C@H]1c1nc3ccc4cc(-c5ccc(-c6cnc([C@@H]7[C@H]8CC[C@H](C8)N7C(=O)[C@H](NC(=O)OC)c7ccccc7)[nH]6)c(F)c5)ccc4c3[nH]1)[C@H]2C)C(C)C. The molecule has 14 nitrogen and oxygen atoms in total. The summed E-state index contributed by atoms with van der Waals surface area (Å²) in [6.45, 7) is 5.98. The summed E-state index contributed by atoms with van der Waals surface area (Å²) in [5.74, 6) is 1.28. The van der Waals surface area contributed by atoms with E-state index in [1.807, 2.05) is 78.2 Å². The number of halogens is 1. The molecule has 4 fully saturated rings. The molecule has 330 valence electrons. The summed E-state index contributed by atoms with van der Waals surface area (Å²) in [5, 5.41) is 7.39. The van der Waals surface area contributed by atoms with Crippen molar-refractivity contribution in [2.45, 2.75) is 82.7 Å². The summed E-state index contributed by atoms with van der Waals surface area (Å²) in [7, 11) is 2.56. The van der Waals surface area contributed by atoms with Crippen LogP contribution >= 0.6 is 0 Å². The molecule has 2 bridgehead atoms. The third-order valence-electron chi connectivity index (χ3n) is 14.3. The lowest BCUT2D eigenvalue weighted by Gasteiger charge is -2.36. The first-order chi connectivity index (χ1) is 30.9. The third-order valence-corrected chi connectivity index (χ3v) is 14.3. The summed E-state index contributed by atoms with van der Waals surface area (Å²) < 4.78 is 25.9. The molecule has 15 heteroatoms. The highest BCUT2D eigenvalue weighted by Gasteiger charge is 2.61. The number of benzene rings is 4. The fourth-order valence-corrected chi connectivity index (χ4v) is 10.9. The van der Waals surface area contributed by atoms with Crippen molar-refractivity contribution in [1.82, 2.24) is 40.4 Å². The van der Waals surface area contributed by atoms with Gasteiger partial charge in [-0.3, -0.25) is 9.59 Å². The van der Waals surface area contributed by atoms with Gasteiger partial charge in [0.05, 0.1) is 49.2 Å². The van der Waals surface area contributed by atoms with Gasteiger partial charge in [0.1, 0.15) is 29.5 Å². The topological polar surface area (TPSA) is 175 Å². The van der Waals surface area contributed by atoms with E-state index in [1.165, 1.54) is 20.3 Å². The average molecular weight is 867 g/mol. The first-order valence-electron chi connectivity index (χ1n) is 22.1. The second-order valence-corrected chi connectivity index (χ2v) is 18.2. The number of hydrogen-bond donors (Lipinski definition) is 4. The number of ether oxygens (including phenoxy) is 2. The number of likely N-dealkylation sites (tertiary alicyclic amines) is 2. The van der Waals surface area contributed by atoms with E-state index in [0.29, 0.717) is 45.9 Å². The van der Waals surface area contributed by atoms with Gasteiger partial charge < -0.3 is 39.9 Å². The van der Waals surface area contributed by atoms with Crippen molar-refractivity contribution in [2.24, 2.45) is 23.7 Å². The fourth-order valence-electron chi connectivity index (χ4n) is 10.9. The van der Waals surface area contributed by atoms with Crippen LogP contribution in [-0.4, -0.2) is 86.1 Å². The number of nitrogens with one attached hydrogen (secondary N) is 4. The number of aromatic amines is 2. The van der Waals surface area contributed by atoms with E-state index in [9.17, 15) is 19.2 Å². The third kappa shape index (κ3) is 7.01. The van der Waals surface area contributed by atoms with E-state index in [2.05, 4.69) is 27.5 Å². The van der Waals surface area contributed by atoms with Crippen LogP contribution in [0, 0.1) is 29.5 Å². The molecule has 2 saturated carbocycles. The summed E-state index contributed by atoms with van der Waals surface area (Å²) in [5.41, 5.74) is 4.70. The molecule has 4 aromatic carbocycles. The number of alkyl carbamates (subject to hydrolysis) is 2. The normalized spacial score (nSPS) is 24.2. The number of carbonyl (C=O) groups excluding carboxylic acids is 4. The first kappa shape index (κ1) is 41.3. The summed E-state index contributed by atoms with van der Waals surface area (Å²) in [6, 6.07) is 22.1. The Morgan fingerprint density at radius 2 is 1.58 bits per heavy atom. The van der Waals surface area contributed by atoms with Gasteiger partial charge in [0.25, 0.3) is 5.91 Å². The monoisotopic (exact) mass is 866 g/mol. The summed E-state index contributed by atoms with van der Waals surface area (Å²) in [4.78, 5) is 73.4. The Kier molecular flexibility index (Phi) is 10.4. The van der Waals surface area contributed by atoms with Gasteiger partial charge >= 0.3 is 12.2 Å². The number of amides is 4. The molecular formula is C49H51FN8O6. The molecule has 2 saturated heterocycles. The molecule has 4 aliphatic rings. The number of methoxy groups -OCH3 is 2. The lowest BCUT2D eigenvalue weighted by Crippen LogP contribution is -2.52. The van der Waals surface area contributed by atoms with Crippen LogP contribution in [0.1, 0.15) is 81.8 Å². The predicted octanol–water partition coefficient (Wildman–Crippen LogP) is 8.35. The van der Waals surface area contributed by atoms with Crippen LogP contribution in [0.15, 0.2) is 85.1 Å². The average Bonchev–Trinajstić information content (AvgIpc) is 4.03. The Balaban J connectivity index is 0.892. The molecule has 2 aliphatic heterocycles. The molecule has 4 amide bonds. The van der Waals surface area contributed by atoms with Crippen LogP contribution in [0.25, 0.3) is 44.2 Å². The van der Waals surface area contributed by atoms with E-state index in [-0.39, 0.29) is 47.8 Å². The van der Waals surface area contributed by atoms with Crippen LogP contribution in [-0.2, 0) is 19.1 Å². The largest absolute Gasteiger partial charge is 0.453 e. The zero-order valence-electron chi connectivity index (χ0n) is 36.3. The van der Waals surface area contributed by atoms with Crippen molar-refractivity contribution in [1.29, 1.82) is 0 Å². The number of carbonyl (C=O) groups is 4. The molecule has 4 heterocycles. The second-order valence-electron chi connectivity index (χ2n) is 18.2. The number of rotatable bonds is 10. The Morgan fingerprint density at radius 3 is 2.33 bits per heavy atom. The van der Waals surface area contributed by atoms with Crippen LogP contribution in [0.5, 0.6) is 0 Å². The van der Waals surface area contributed by atoms with Gasteiger partial charge in [0.2, 0.25) is 5.91 Å². The van der Waals surface area contributed by atoms with Crippen molar-refractivity contribution < 1.29 is 33.0 Å². The predicted molar refractivity (Wildman–Crippen MR) is 237 cm³/mol. The fraction of sp³-hybridized carbons (Fsp3) is 0.388. The van der Waals surface area contributed by atoms with Crippen LogP contribution in [0.4, 0.5) is 14.0 Å². The quantitative estimate of drug-likeness (QED) is 0.106. The standard InChI is InChI=1S/C49H51FN8O6/c1-24(2)39(55-48(61)63-4)46(59)58-38(22-34-25(3)42(34)58)44-52-36-18-14-29-19-27(12-16-32(29)41(36)54-44)28-13-17-33(35(50)21-28)37-23-51-45(53-37)43-30-11-15-31(20-30)57(43)47(60)40(56-49(62)64-5)26-9-7-6-8-10-26/h6-10,12-14,16-19,21,23-25,30-31,34,38-40,42-43H,11,15,20,22H2,1-5H3,(H,51,53)(H,52,54)(H,55,61)(H,56,62)/t25-,30+,31-,34?,38+,39+,40-,42?,43+/m1/s1. The number of hydrogen-bond acceptors (Lipinski definition) is 8. The van der Waals surface area contributed by atoms with E-state index in [4.69, 9.17) is 19.4 Å². The molecule has 0 spiro atoms. The van der Waals surface area contributed by atoms with Crippen molar-refractivity contribution >= 4 is 45.8 Å². The van der Waals surface area contributed by atoms with Gasteiger partial charge in [-0.2, -0.15) is 0 Å². The molecule has 9 atom stereocenters. The molecule has 6 aromatic rings. The number of fused-ring (bicyclic) bond motifs is 6. The van der Waals surface area contributed by atoms with Gasteiger partial charge in [-0.1, -0.05) is 75.4 Å². The van der Waals surface area contributed by atoms with E-state index < -0.39 is 30.1 Å². The lowest BCUT2D eigenvalue weighted by molar-refractivity contribution is -0.138. The molecule has 0 radical (unpaired) electrons. The van der Waals surface area contributed by atoms with Crippen LogP contribution in [0.2, 0.25) is 0 Å². The molecule has 2 aromatic heterocycles. The smallest absolute Gasteiger partial charge is 0.407 e. The maximum absolute atomic E-state index is 16.2. The highest BCUT2D eigenvalue weighted by atomic mass is 19.1. The van der Waals surface area contributed by atoms with Crippen molar-refractivity contribution in [2.75, 3.05) is 14.2 Å². The number of imidazole rings is 2. The Labute approximate surface area is 369 Å². The van der Waals surface area contributed by atoms with Gasteiger partial charge in [0, 0.05) is 23.0 Å². The minimum atomic E-state index is -0.940. The number of nitrogens with zero attached hydrogens (tertiary/aromatic N) is 4. The maximum atomic E-state index is 16.2. The number of piperidine rings is 2. The Morgan fingerprint density at radius 1 is 0.828 bits per heavy atom. The summed E-state index contributed by atoms with van der Waals surface area (Å²) >= 11 is 0. The number of H-pyrrole nitrogens is 2. The first-order valence-corrected chi connectivity index (χ1v) is 22.1. The Bertz CT molecular complexity index is 2810. The van der Waals surface area contributed by atoms with Crippen molar-refractivity contribution in [3.63, 3.8) is 0 Å². The second kappa shape index (κ2) is 16.1. The van der Waals surface area contributed by atoms with Crippen molar-refractivity contribution in [3.8, 4) is 22.4 Å². The number of aromatic nitrogens is 4. The van der Waals surface area contributed by atoms with Gasteiger partial charge in [0.15, 0.2) is 0 Å². The molecule has 64 heavy (non-hydrogen) atoms. The molecule has 2 unspecified atom stereocenters. The minimum absolute atomic E-state index is 0.00492. The lowest BCUT2D eigenvalue weighted by atomic mass is 9.96. The van der Waals surface area contributed by atoms with E-state index in [0.717, 1.165) is 53.1 Å².